The van der Waals surface area contributed by atoms with Crippen LogP contribution < -0.4 is 5.73 Å². The van der Waals surface area contributed by atoms with Crippen LogP contribution >= 0.6 is 0 Å². The van der Waals surface area contributed by atoms with E-state index in [1.165, 1.54) is 0 Å². The SMILES string of the molecule is N[C@H]1[C@@H]2CC[C@@H](O)[C@H]12. The zero-order valence-corrected chi connectivity index (χ0v) is 4.75. The first-order chi connectivity index (χ1) is 3.80. The van der Waals surface area contributed by atoms with E-state index in [4.69, 9.17) is 10.8 Å². The lowest BCUT2D eigenvalue weighted by molar-refractivity contribution is 0.156. The zero-order chi connectivity index (χ0) is 5.72. The summed E-state index contributed by atoms with van der Waals surface area (Å²) in [4.78, 5) is 0. The maximum absolute atomic E-state index is 9.13. The van der Waals surface area contributed by atoms with E-state index >= 15 is 0 Å². The minimum absolute atomic E-state index is 0.0602. The molecule has 0 bridgehead atoms. The molecular formula is C6H11NO. The molecule has 3 N–H and O–H groups in total. The van der Waals surface area contributed by atoms with E-state index in [1.807, 2.05) is 0 Å². The van der Waals surface area contributed by atoms with Crippen LogP contribution in [0.4, 0.5) is 0 Å². The van der Waals surface area contributed by atoms with Gasteiger partial charge in [-0.05, 0) is 18.8 Å². The van der Waals surface area contributed by atoms with Gasteiger partial charge in [0.25, 0.3) is 0 Å². The molecular weight excluding hydrogens is 102 g/mol. The third-order valence-corrected chi connectivity index (χ3v) is 2.53. The lowest BCUT2D eigenvalue weighted by Crippen LogP contribution is -2.15. The van der Waals surface area contributed by atoms with Crippen molar-refractivity contribution >= 4 is 0 Å². The largest absolute Gasteiger partial charge is 0.393 e. The van der Waals surface area contributed by atoms with Gasteiger partial charge in [-0.25, -0.2) is 0 Å². The Bertz CT molecular complexity index is 113. The number of aliphatic hydroxyl groups excluding tert-OH is 1. The maximum Gasteiger partial charge on any atom is 0.0586 e. The molecule has 46 valence electrons. The first-order valence-electron chi connectivity index (χ1n) is 3.24. The number of nitrogens with two attached hydrogens (primary N) is 1. The Morgan fingerprint density at radius 3 is 2.38 bits per heavy atom. The number of hydrogen-bond donors (Lipinski definition) is 2. The molecule has 2 heteroatoms. The normalized spacial score (nSPS) is 60.8. The van der Waals surface area contributed by atoms with Gasteiger partial charge < -0.3 is 10.8 Å². The average Bonchev–Trinajstić information content (AvgIpc) is 2.13. The van der Waals surface area contributed by atoms with E-state index in [9.17, 15) is 0 Å². The molecule has 8 heavy (non-hydrogen) atoms. The monoisotopic (exact) mass is 113 g/mol. The van der Waals surface area contributed by atoms with Gasteiger partial charge in [-0.3, -0.25) is 0 Å². The predicted octanol–water partition coefficient (Wildman–Crippen LogP) is -0.286. The average molecular weight is 113 g/mol. The molecule has 4 atom stereocenters. The topological polar surface area (TPSA) is 46.2 Å². The van der Waals surface area contributed by atoms with Crippen molar-refractivity contribution in [1.82, 2.24) is 0 Å². The number of fused-ring (bicyclic) bond motifs is 1. The summed E-state index contributed by atoms with van der Waals surface area (Å²) in [5.41, 5.74) is 5.60. The molecule has 0 aromatic carbocycles. The van der Waals surface area contributed by atoms with Crippen molar-refractivity contribution in [2.45, 2.75) is 25.0 Å². The summed E-state index contributed by atoms with van der Waals surface area (Å²) >= 11 is 0. The van der Waals surface area contributed by atoms with Gasteiger partial charge >= 0.3 is 0 Å². The molecule has 0 radical (unpaired) electrons. The van der Waals surface area contributed by atoms with Crippen LogP contribution in [0.5, 0.6) is 0 Å². The second-order valence-electron chi connectivity index (χ2n) is 2.96. The smallest absolute Gasteiger partial charge is 0.0586 e. The van der Waals surface area contributed by atoms with Gasteiger partial charge in [0, 0.05) is 12.0 Å². The molecule has 2 aliphatic carbocycles. The fraction of sp³-hybridized carbons (Fsp3) is 1.00. The maximum atomic E-state index is 9.13. The zero-order valence-electron chi connectivity index (χ0n) is 4.75. The number of hydrogen-bond acceptors (Lipinski definition) is 2. The summed E-state index contributed by atoms with van der Waals surface area (Å²) in [6.07, 6.45) is 2.09. The van der Waals surface area contributed by atoms with Gasteiger partial charge in [0.2, 0.25) is 0 Å². The van der Waals surface area contributed by atoms with Crippen molar-refractivity contribution in [3.63, 3.8) is 0 Å². The van der Waals surface area contributed by atoms with Crippen LogP contribution in [0.25, 0.3) is 0 Å². The lowest BCUT2D eigenvalue weighted by atomic mass is 10.2. The molecule has 2 fully saturated rings. The third-order valence-electron chi connectivity index (χ3n) is 2.53. The third kappa shape index (κ3) is 0.400. The van der Waals surface area contributed by atoms with Crippen molar-refractivity contribution in [2.75, 3.05) is 0 Å². The van der Waals surface area contributed by atoms with Crippen LogP contribution in [0.2, 0.25) is 0 Å². The highest BCUT2D eigenvalue weighted by Crippen LogP contribution is 2.50. The van der Waals surface area contributed by atoms with Gasteiger partial charge in [-0.2, -0.15) is 0 Å². The molecule has 0 aromatic rings. The van der Waals surface area contributed by atoms with Crippen LogP contribution in [0.15, 0.2) is 0 Å². The molecule has 0 saturated heterocycles. The Morgan fingerprint density at radius 2 is 2.12 bits per heavy atom. The fourth-order valence-corrected chi connectivity index (χ4v) is 1.91. The van der Waals surface area contributed by atoms with E-state index in [0.717, 1.165) is 12.8 Å². The van der Waals surface area contributed by atoms with E-state index in [0.29, 0.717) is 17.9 Å². The predicted molar refractivity (Wildman–Crippen MR) is 30.2 cm³/mol. The van der Waals surface area contributed by atoms with Crippen LogP contribution in [0.3, 0.4) is 0 Å². The van der Waals surface area contributed by atoms with Gasteiger partial charge in [0.1, 0.15) is 0 Å². The molecule has 0 spiro atoms. The Labute approximate surface area is 48.7 Å². The van der Waals surface area contributed by atoms with Crippen LogP contribution in [0.1, 0.15) is 12.8 Å². The Kier molecular flexibility index (Phi) is 0.746. The summed E-state index contributed by atoms with van der Waals surface area (Å²) in [5, 5.41) is 9.13. The first-order valence-corrected chi connectivity index (χ1v) is 3.24. The standard InChI is InChI=1S/C6H11NO/c7-6-3-1-2-4(8)5(3)6/h3-6,8H,1-2,7H2/t3-,4-,5-,6+/m1/s1. The van der Waals surface area contributed by atoms with Crippen LogP contribution in [-0.4, -0.2) is 17.3 Å². The highest BCUT2D eigenvalue weighted by atomic mass is 16.3. The quantitative estimate of drug-likeness (QED) is 0.453. The lowest BCUT2D eigenvalue weighted by Gasteiger charge is -2.01. The van der Waals surface area contributed by atoms with Crippen LogP contribution in [-0.2, 0) is 0 Å². The molecule has 0 amide bonds. The van der Waals surface area contributed by atoms with Crippen molar-refractivity contribution in [2.24, 2.45) is 17.6 Å². The summed E-state index contributed by atoms with van der Waals surface area (Å²) in [7, 11) is 0. The molecule has 0 aromatic heterocycles. The van der Waals surface area contributed by atoms with Gasteiger partial charge in [0.15, 0.2) is 0 Å². The molecule has 2 nitrogen and oxygen atoms in total. The molecule has 2 rings (SSSR count). The minimum Gasteiger partial charge on any atom is -0.393 e. The van der Waals surface area contributed by atoms with Gasteiger partial charge in [-0.15, -0.1) is 0 Å². The van der Waals surface area contributed by atoms with Gasteiger partial charge in [0.05, 0.1) is 6.10 Å². The Balaban J connectivity index is 2.07. The second kappa shape index (κ2) is 1.25. The van der Waals surface area contributed by atoms with Gasteiger partial charge in [-0.1, -0.05) is 0 Å². The van der Waals surface area contributed by atoms with Crippen LogP contribution in [0, 0.1) is 11.8 Å². The summed E-state index contributed by atoms with van der Waals surface area (Å²) < 4.78 is 0. The van der Waals surface area contributed by atoms with E-state index in [2.05, 4.69) is 0 Å². The Morgan fingerprint density at radius 1 is 1.38 bits per heavy atom. The number of rotatable bonds is 0. The molecule has 0 heterocycles. The summed E-state index contributed by atoms with van der Waals surface area (Å²) in [5.74, 6) is 1.17. The molecule has 2 saturated carbocycles. The highest BCUT2D eigenvalue weighted by Gasteiger charge is 2.55. The summed E-state index contributed by atoms with van der Waals surface area (Å²) in [6, 6.07) is 0.346. The van der Waals surface area contributed by atoms with E-state index in [1.54, 1.807) is 0 Å². The molecule has 0 unspecified atom stereocenters. The molecule has 2 aliphatic rings. The molecule has 0 aliphatic heterocycles. The summed E-state index contributed by atoms with van der Waals surface area (Å²) in [6.45, 7) is 0. The Hall–Kier alpha value is -0.0800. The van der Waals surface area contributed by atoms with E-state index in [-0.39, 0.29) is 6.10 Å². The van der Waals surface area contributed by atoms with Crippen molar-refractivity contribution < 1.29 is 5.11 Å². The number of aliphatic hydroxyl groups is 1. The minimum atomic E-state index is -0.0602. The highest BCUT2D eigenvalue weighted by molar-refractivity contribution is 5.08. The van der Waals surface area contributed by atoms with E-state index < -0.39 is 0 Å². The van der Waals surface area contributed by atoms with Crippen molar-refractivity contribution in [1.29, 1.82) is 0 Å². The fourth-order valence-electron chi connectivity index (χ4n) is 1.91. The van der Waals surface area contributed by atoms with Crippen molar-refractivity contribution in [3.8, 4) is 0 Å². The second-order valence-corrected chi connectivity index (χ2v) is 2.96. The first kappa shape index (κ1) is 4.77. The van der Waals surface area contributed by atoms with Crippen molar-refractivity contribution in [3.05, 3.63) is 0 Å².